The van der Waals surface area contributed by atoms with Crippen LogP contribution in [-0.4, -0.2) is 21.8 Å². The third kappa shape index (κ3) is 3.12. The van der Waals surface area contributed by atoms with Crippen molar-refractivity contribution in [3.05, 3.63) is 23.4 Å². The number of rotatable bonds is 5. The molecule has 1 N–H and O–H groups in total. The van der Waals surface area contributed by atoms with Gasteiger partial charge in [-0.25, -0.2) is 4.98 Å². The van der Waals surface area contributed by atoms with Gasteiger partial charge in [0.2, 0.25) is 0 Å². The van der Waals surface area contributed by atoms with Crippen molar-refractivity contribution in [2.24, 2.45) is 5.41 Å². The Morgan fingerprint density at radius 3 is 2.81 bits per heavy atom. The number of aliphatic carboxylic acids is 1. The molecule has 1 saturated carbocycles. The summed E-state index contributed by atoms with van der Waals surface area (Å²) in [5.74, 6) is 0.121. The molecule has 1 aliphatic rings. The number of thioether (sulfide) groups is 1. The first kappa shape index (κ1) is 11.7. The summed E-state index contributed by atoms with van der Waals surface area (Å²) in [6.07, 6.45) is 3.91. The summed E-state index contributed by atoms with van der Waals surface area (Å²) < 4.78 is 0. The lowest BCUT2D eigenvalue weighted by Gasteiger charge is -2.10. The van der Waals surface area contributed by atoms with Crippen molar-refractivity contribution in [1.82, 2.24) is 4.98 Å². The van der Waals surface area contributed by atoms with Gasteiger partial charge in [-0.1, -0.05) is 11.6 Å². The number of hydrogen-bond acceptors (Lipinski definition) is 3. The van der Waals surface area contributed by atoms with Crippen molar-refractivity contribution < 1.29 is 9.90 Å². The molecule has 1 aromatic rings. The van der Waals surface area contributed by atoms with E-state index >= 15 is 0 Å². The van der Waals surface area contributed by atoms with Gasteiger partial charge in [-0.05, 0) is 30.4 Å². The minimum atomic E-state index is -0.706. The van der Waals surface area contributed by atoms with Gasteiger partial charge in [0.1, 0.15) is 0 Å². The Kier molecular flexibility index (Phi) is 3.40. The standard InChI is InChI=1S/C11H12ClNO2S/c12-8-1-2-9(13-6-8)16-7-11(3-4-11)5-10(14)15/h1-2,6H,3-5,7H2,(H,14,15). The summed E-state index contributed by atoms with van der Waals surface area (Å²) in [5.41, 5.74) is 0.0117. The molecule has 1 fully saturated rings. The SMILES string of the molecule is O=C(O)CC1(CSc2ccc(Cl)cn2)CC1. The Hall–Kier alpha value is -0.740. The second-order valence-corrected chi connectivity index (χ2v) is 5.61. The van der Waals surface area contributed by atoms with Crippen LogP contribution in [0.3, 0.4) is 0 Å². The zero-order valence-corrected chi connectivity index (χ0v) is 10.2. The van der Waals surface area contributed by atoms with E-state index in [9.17, 15) is 4.79 Å². The van der Waals surface area contributed by atoms with Gasteiger partial charge < -0.3 is 5.11 Å². The molecular formula is C11H12ClNO2S. The average Bonchev–Trinajstić information content (AvgIpc) is 2.97. The lowest BCUT2D eigenvalue weighted by atomic mass is 10.1. The quantitative estimate of drug-likeness (QED) is 0.824. The molecule has 0 bridgehead atoms. The van der Waals surface area contributed by atoms with Crippen molar-refractivity contribution in [1.29, 1.82) is 0 Å². The maximum atomic E-state index is 10.7. The fourth-order valence-electron chi connectivity index (χ4n) is 1.54. The third-order valence-electron chi connectivity index (χ3n) is 2.71. The van der Waals surface area contributed by atoms with Crippen LogP contribution in [0.4, 0.5) is 0 Å². The Balaban J connectivity index is 1.87. The van der Waals surface area contributed by atoms with Crippen LogP contribution < -0.4 is 0 Å². The second kappa shape index (κ2) is 4.63. The molecule has 0 aromatic carbocycles. The first-order valence-electron chi connectivity index (χ1n) is 5.06. The van der Waals surface area contributed by atoms with Crippen LogP contribution in [0.25, 0.3) is 0 Å². The molecule has 2 rings (SSSR count). The molecule has 0 spiro atoms. The molecule has 3 nitrogen and oxygen atoms in total. The van der Waals surface area contributed by atoms with E-state index in [-0.39, 0.29) is 11.8 Å². The van der Waals surface area contributed by atoms with Gasteiger partial charge in [0.15, 0.2) is 0 Å². The summed E-state index contributed by atoms with van der Waals surface area (Å²) in [4.78, 5) is 14.8. The first-order valence-corrected chi connectivity index (χ1v) is 6.42. The molecule has 16 heavy (non-hydrogen) atoms. The zero-order valence-electron chi connectivity index (χ0n) is 8.65. The molecule has 5 heteroatoms. The molecule has 0 saturated heterocycles. The number of carbonyl (C=O) groups is 1. The van der Waals surface area contributed by atoms with Crippen LogP contribution >= 0.6 is 23.4 Å². The van der Waals surface area contributed by atoms with Crippen molar-refractivity contribution in [2.45, 2.75) is 24.3 Å². The molecule has 0 aliphatic heterocycles. The number of carboxylic acid groups (broad SMARTS) is 1. The van der Waals surface area contributed by atoms with Crippen LogP contribution in [0.2, 0.25) is 5.02 Å². The van der Waals surface area contributed by atoms with Gasteiger partial charge in [0.25, 0.3) is 0 Å². The summed E-state index contributed by atoms with van der Waals surface area (Å²) >= 11 is 7.34. The Bertz CT molecular complexity index is 389. The molecule has 1 heterocycles. The van der Waals surface area contributed by atoms with Crippen molar-refractivity contribution in [3.63, 3.8) is 0 Å². The minimum absolute atomic E-state index is 0.0117. The molecule has 0 atom stereocenters. The van der Waals surface area contributed by atoms with Gasteiger partial charge in [-0.3, -0.25) is 4.79 Å². The van der Waals surface area contributed by atoms with E-state index in [1.807, 2.05) is 6.07 Å². The number of nitrogens with zero attached hydrogens (tertiary/aromatic N) is 1. The van der Waals surface area contributed by atoms with E-state index in [1.54, 1.807) is 24.0 Å². The Morgan fingerprint density at radius 1 is 1.56 bits per heavy atom. The molecule has 0 amide bonds. The molecule has 0 unspecified atom stereocenters. The molecule has 0 radical (unpaired) electrons. The Morgan fingerprint density at radius 2 is 2.31 bits per heavy atom. The molecular weight excluding hydrogens is 246 g/mol. The molecule has 1 aromatic heterocycles. The van der Waals surface area contributed by atoms with Gasteiger partial charge in [0.05, 0.1) is 16.5 Å². The van der Waals surface area contributed by atoms with Gasteiger partial charge in [-0.15, -0.1) is 11.8 Å². The van der Waals surface area contributed by atoms with Crippen LogP contribution in [-0.2, 0) is 4.79 Å². The predicted molar refractivity (Wildman–Crippen MR) is 63.9 cm³/mol. The van der Waals surface area contributed by atoms with E-state index in [0.717, 1.165) is 23.6 Å². The maximum Gasteiger partial charge on any atom is 0.303 e. The van der Waals surface area contributed by atoms with E-state index < -0.39 is 5.97 Å². The normalized spacial score (nSPS) is 17.1. The largest absolute Gasteiger partial charge is 0.481 e. The number of carboxylic acids is 1. The fourth-order valence-corrected chi connectivity index (χ4v) is 2.79. The molecule has 86 valence electrons. The number of aromatic nitrogens is 1. The number of hydrogen-bond donors (Lipinski definition) is 1. The second-order valence-electron chi connectivity index (χ2n) is 4.17. The average molecular weight is 258 g/mol. The van der Waals surface area contributed by atoms with Crippen molar-refractivity contribution in [2.75, 3.05) is 5.75 Å². The maximum absolute atomic E-state index is 10.7. The van der Waals surface area contributed by atoms with Gasteiger partial charge >= 0.3 is 5.97 Å². The summed E-state index contributed by atoms with van der Waals surface area (Å²) in [6, 6.07) is 3.66. The minimum Gasteiger partial charge on any atom is -0.481 e. The van der Waals surface area contributed by atoms with Crippen molar-refractivity contribution in [3.8, 4) is 0 Å². The monoisotopic (exact) mass is 257 g/mol. The van der Waals surface area contributed by atoms with E-state index in [2.05, 4.69) is 4.98 Å². The van der Waals surface area contributed by atoms with Crippen LogP contribution in [0, 0.1) is 5.41 Å². The predicted octanol–water partition coefficient (Wildman–Crippen LogP) is 3.08. The van der Waals surface area contributed by atoms with Gasteiger partial charge in [-0.2, -0.15) is 0 Å². The zero-order chi connectivity index (χ0) is 11.6. The highest BCUT2D eigenvalue weighted by Gasteiger charge is 2.44. The van der Waals surface area contributed by atoms with E-state index in [4.69, 9.17) is 16.7 Å². The van der Waals surface area contributed by atoms with Crippen LogP contribution in [0.5, 0.6) is 0 Å². The lowest BCUT2D eigenvalue weighted by molar-refractivity contribution is -0.138. The van der Waals surface area contributed by atoms with E-state index in [1.165, 1.54) is 0 Å². The highest BCUT2D eigenvalue weighted by atomic mass is 35.5. The van der Waals surface area contributed by atoms with Crippen LogP contribution in [0.1, 0.15) is 19.3 Å². The number of pyridine rings is 1. The highest BCUT2D eigenvalue weighted by Crippen LogP contribution is 2.51. The topological polar surface area (TPSA) is 50.2 Å². The summed E-state index contributed by atoms with van der Waals surface area (Å²) in [6.45, 7) is 0. The van der Waals surface area contributed by atoms with Gasteiger partial charge in [0, 0.05) is 11.9 Å². The van der Waals surface area contributed by atoms with E-state index in [0.29, 0.717) is 5.02 Å². The smallest absolute Gasteiger partial charge is 0.303 e. The highest BCUT2D eigenvalue weighted by molar-refractivity contribution is 7.99. The van der Waals surface area contributed by atoms with Crippen LogP contribution in [0.15, 0.2) is 23.4 Å². The number of halogens is 1. The van der Waals surface area contributed by atoms with Crippen molar-refractivity contribution >= 4 is 29.3 Å². The first-order chi connectivity index (χ1) is 7.60. The molecule has 1 aliphatic carbocycles. The summed E-state index contributed by atoms with van der Waals surface area (Å²) in [5, 5.41) is 10.3. The summed E-state index contributed by atoms with van der Waals surface area (Å²) in [7, 11) is 0. The lowest BCUT2D eigenvalue weighted by Crippen LogP contribution is -2.11. The third-order valence-corrected chi connectivity index (χ3v) is 4.23. The Labute approximate surface area is 103 Å². The fraction of sp³-hybridized carbons (Fsp3) is 0.455.